The number of aromatic amines is 1. The van der Waals surface area contributed by atoms with E-state index in [0.717, 1.165) is 16.6 Å². The number of H-pyrrole nitrogens is 1. The quantitative estimate of drug-likeness (QED) is 0.588. The minimum Gasteiger partial charge on any atom is -0.493 e. The first-order chi connectivity index (χ1) is 11.4. The van der Waals surface area contributed by atoms with Gasteiger partial charge in [0.15, 0.2) is 11.5 Å². The molecule has 3 aromatic rings. The summed E-state index contributed by atoms with van der Waals surface area (Å²) < 4.78 is 10.8. The molecule has 6 heteroatoms. The second kappa shape index (κ2) is 5.96. The number of imidazole rings is 1. The summed E-state index contributed by atoms with van der Waals surface area (Å²) in [6.07, 6.45) is 3.42. The first kappa shape index (κ1) is 16.0. The Morgan fingerprint density at radius 2 is 1.96 bits per heavy atom. The Morgan fingerprint density at radius 3 is 2.62 bits per heavy atom. The van der Waals surface area contributed by atoms with Crippen LogP contribution in [-0.2, 0) is 4.79 Å². The van der Waals surface area contributed by atoms with E-state index < -0.39 is 5.41 Å². The zero-order valence-corrected chi connectivity index (χ0v) is 14.1. The molecule has 0 fully saturated rings. The fourth-order valence-electron chi connectivity index (χ4n) is 2.15. The Labute approximate surface area is 139 Å². The molecule has 0 atom stereocenters. The number of methoxy groups -OCH3 is 1. The first-order valence-electron chi connectivity index (χ1n) is 7.59. The maximum absolute atomic E-state index is 12.1. The minimum absolute atomic E-state index is 0.316. The average molecular weight is 325 g/mol. The summed E-state index contributed by atoms with van der Waals surface area (Å²) in [5.41, 5.74) is 1.94. The molecular weight excluding hydrogens is 306 g/mol. The van der Waals surface area contributed by atoms with Crippen LogP contribution in [0.1, 0.15) is 20.8 Å². The summed E-state index contributed by atoms with van der Waals surface area (Å²) in [6.45, 7) is 5.41. The topological polar surface area (TPSA) is 77.1 Å². The molecule has 0 radical (unpaired) electrons. The Hall–Kier alpha value is -2.89. The number of ether oxygens (including phenoxy) is 2. The van der Waals surface area contributed by atoms with E-state index >= 15 is 0 Å². The Balaban J connectivity index is 1.95. The third-order valence-electron chi connectivity index (χ3n) is 3.54. The van der Waals surface area contributed by atoms with Crippen molar-refractivity contribution in [2.75, 3.05) is 7.11 Å². The average Bonchev–Trinajstić information content (AvgIpc) is 2.98. The molecule has 2 heterocycles. The normalized spacial score (nSPS) is 11.5. The molecule has 0 amide bonds. The summed E-state index contributed by atoms with van der Waals surface area (Å²) in [6, 6.07) is 7.17. The van der Waals surface area contributed by atoms with E-state index in [1.54, 1.807) is 45.3 Å². The largest absolute Gasteiger partial charge is 0.493 e. The standard InChI is InChI=1S/C18H19N3O3/c1-18(2,3)17(22)24-14-6-5-11(9-15(14)23-4)16-20-12-7-8-19-10-13(12)21-16/h5-10H,1-4H3,(H,20,21). The molecular formula is C18H19N3O3. The summed E-state index contributed by atoms with van der Waals surface area (Å²) in [7, 11) is 1.54. The van der Waals surface area contributed by atoms with Gasteiger partial charge in [-0.3, -0.25) is 9.78 Å². The Bertz CT molecular complexity index is 861. The predicted molar refractivity (Wildman–Crippen MR) is 91.0 cm³/mol. The number of carbonyl (C=O) groups excluding carboxylic acids is 1. The number of esters is 1. The highest BCUT2D eigenvalue weighted by Crippen LogP contribution is 2.33. The second-order valence-electron chi connectivity index (χ2n) is 6.48. The van der Waals surface area contributed by atoms with E-state index in [2.05, 4.69) is 15.0 Å². The highest BCUT2D eigenvalue weighted by Gasteiger charge is 2.25. The van der Waals surface area contributed by atoms with Gasteiger partial charge in [-0.25, -0.2) is 4.98 Å². The van der Waals surface area contributed by atoms with Gasteiger partial charge in [-0.1, -0.05) is 0 Å². The van der Waals surface area contributed by atoms with Crippen molar-refractivity contribution in [1.29, 1.82) is 0 Å². The second-order valence-corrected chi connectivity index (χ2v) is 6.48. The van der Waals surface area contributed by atoms with Crippen molar-refractivity contribution in [3.05, 3.63) is 36.7 Å². The lowest BCUT2D eigenvalue weighted by Crippen LogP contribution is -2.25. The molecule has 0 bridgehead atoms. The first-order valence-corrected chi connectivity index (χ1v) is 7.59. The number of fused-ring (bicyclic) bond motifs is 1. The number of nitrogens with one attached hydrogen (secondary N) is 1. The van der Waals surface area contributed by atoms with Crippen LogP contribution in [0.4, 0.5) is 0 Å². The van der Waals surface area contributed by atoms with Gasteiger partial charge >= 0.3 is 5.97 Å². The summed E-state index contributed by atoms with van der Waals surface area (Å²) in [4.78, 5) is 23.9. The van der Waals surface area contributed by atoms with Crippen LogP contribution in [0, 0.1) is 5.41 Å². The van der Waals surface area contributed by atoms with Crippen molar-refractivity contribution in [1.82, 2.24) is 15.0 Å². The van der Waals surface area contributed by atoms with E-state index in [9.17, 15) is 4.79 Å². The molecule has 1 N–H and O–H groups in total. The lowest BCUT2D eigenvalue weighted by molar-refractivity contribution is -0.143. The molecule has 0 aliphatic heterocycles. The zero-order chi connectivity index (χ0) is 17.3. The van der Waals surface area contributed by atoms with Crippen molar-refractivity contribution in [3.63, 3.8) is 0 Å². The molecule has 0 saturated heterocycles. The van der Waals surface area contributed by atoms with Gasteiger partial charge in [0.05, 0.1) is 29.8 Å². The fraction of sp³-hybridized carbons (Fsp3) is 0.278. The number of carbonyl (C=O) groups is 1. The van der Waals surface area contributed by atoms with E-state index in [4.69, 9.17) is 9.47 Å². The van der Waals surface area contributed by atoms with Crippen molar-refractivity contribution in [2.24, 2.45) is 5.41 Å². The molecule has 0 unspecified atom stereocenters. The van der Waals surface area contributed by atoms with Crippen LogP contribution < -0.4 is 9.47 Å². The zero-order valence-electron chi connectivity index (χ0n) is 14.1. The molecule has 1 aromatic carbocycles. The third kappa shape index (κ3) is 3.08. The highest BCUT2D eigenvalue weighted by atomic mass is 16.6. The molecule has 0 saturated carbocycles. The number of rotatable bonds is 3. The maximum Gasteiger partial charge on any atom is 0.316 e. The Kier molecular flexibility index (Phi) is 3.97. The minimum atomic E-state index is -0.588. The van der Waals surface area contributed by atoms with Crippen molar-refractivity contribution < 1.29 is 14.3 Å². The monoisotopic (exact) mass is 325 g/mol. The van der Waals surface area contributed by atoms with Gasteiger partial charge in [-0.2, -0.15) is 0 Å². The molecule has 3 rings (SSSR count). The van der Waals surface area contributed by atoms with Crippen molar-refractivity contribution in [2.45, 2.75) is 20.8 Å². The molecule has 24 heavy (non-hydrogen) atoms. The van der Waals surface area contributed by atoms with Crippen molar-refractivity contribution >= 4 is 17.0 Å². The maximum atomic E-state index is 12.1. The van der Waals surface area contributed by atoms with Gasteiger partial charge in [-0.05, 0) is 45.0 Å². The number of aromatic nitrogens is 3. The smallest absolute Gasteiger partial charge is 0.316 e. The number of pyridine rings is 1. The molecule has 0 spiro atoms. The van der Waals surface area contributed by atoms with Gasteiger partial charge in [0.2, 0.25) is 0 Å². The molecule has 124 valence electrons. The van der Waals surface area contributed by atoms with Gasteiger partial charge in [0, 0.05) is 11.8 Å². The summed E-state index contributed by atoms with van der Waals surface area (Å²) >= 11 is 0. The lowest BCUT2D eigenvalue weighted by Gasteiger charge is -2.17. The molecule has 2 aromatic heterocycles. The summed E-state index contributed by atoms with van der Waals surface area (Å²) in [5.74, 6) is 1.25. The van der Waals surface area contributed by atoms with Crippen LogP contribution in [0.5, 0.6) is 11.5 Å². The van der Waals surface area contributed by atoms with Crippen LogP contribution in [-0.4, -0.2) is 28.0 Å². The van der Waals surface area contributed by atoms with Crippen LogP contribution in [0.3, 0.4) is 0 Å². The van der Waals surface area contributed by atoms with E-state index in [-0.39, 0.29) is 5.97 Å². The lowest BCUT2D eigenvalue weighted by atomic mass is 9.97. The van der Waals surface area contributed by atoms with Gasteiger partial charge in [-0.15, -0.1) is 0 Å². The van der Waals surface area contributed by atoms with E-state index in [1.807, 2.05) is 12.1 Å². The third-order valence-corrected chi connectivity index (χ3v) is 3.54. The van der Waals surface area contributed by atoms with Crippen molar-refractivity contribution in [3.8, 4) is 22.9 Å². The number of hydrogen-bond acceptors (Lipinski definition) is 5. The van der Waals surface area contributed by atoms with Gasteiger partial charge in [0.1, 0.15) is 5.82 Å². The van der Waals surface area contributed by atoms with Gasteiger partial charge in [0.25, 0.3) is 0 Å². The Morgan fingerprint density at radius 1 is 1.17 bits per heavy atom. The fourth-order valence-corrected chi connectivity index (χ4v) is 2.15. The molecule has 6 nitrogen and oxygen atoms in total. The SMILES string of the molecule is COc1cc(-c2nc3ccncc3[nH]2)ccc1OC(=O)C(C)(C)C. The number of nitrogens with zero attached hydrogens (tertiary/aromatic N) is 2. The van der Waals surface area contributed by atoms with E-state index in [0.29, 0.717) is 17.3 Å². The highest BCUT2D eigenvalue weighted by molar-refractivity contribution is 5.80. The van der Waals surface area contributed by atoms with Gasteiger partial charge < -0.3 is 14.5 Å². The van der Waals surface area contributed by atoms with E-state index in [1.165, 1.54) is 7.11 Å². The molecule has 0 aliphatic carbocycles. The van der Waals surface area contributed by atoms with Crippen LogP contribution >= 0.6 is 0 Å². The number of hydrogen-bond donors (Lipinski definition) is 1. The molecule has 0 aliphatic rings. The van der Waals surface area contributed by atoms with Crippen LogP contribution in [0.15, 0.2) is 36.7 Å². The number of benzene rings is 1. The van der Waals surface area contributed by atoms with Crippen LogP contribution in [0.25, 0.3) is 22.4 Å². The summed E-state index contributed by atoms with van der Waals surface area (Å²) in [5, 5.41) is 0. The van der Waals surface area contributed by atoms with Crippen LogP contribution in [0.2, 0.25) is 0 Å². The predicted octanol–water partition coefficient (Wildman–Crippen LogP) is 3.59.